The fourth-order valence-corrected chi connectivity index (χ4v) is 3.65. The van der Waals surface area contributed by atoms with E-state index in [1.54, 1.807) is 0 Å². The van der Waals surface area contributed by atoms with Crippen LogP contribution in [-0.2, 0) is 11.3 Å². The first kappa shape index (κ1) is 19.9. The maximum Gasteiger partial charge on any atom is 0.407 e. The van der Waals surface area contributed by atoms with E-state index >= 15 is 0 Å². The number of carbonyl (C=O) groups is 1. The number of hydrogen-bond acceptors (Lipinski definition) is 4. The topological polar surface area (TPSA) is 54.5 Å². The van der Waals surface area contributed by atoms with E-state index in [4.69, 9.17) is 21.3 Å². The monoisotopic (exact) mass is 389 g/mol. The Kier molecular flexibility index (Phi) is 5.92. The third kappa shape index (κ3) is 5.11. The molecule has 0 atom stereocenters. The predicted molar refractivity (Wildman–Crippen MR) is 109 cm³/mol. The molecule has 27 heavy (non-hydrogen) atoms. The van der Waals surface area contributed by atoms with Crippen LogP contribution in [0.25, 0.3) is 10.9 Å². The second-order valence-corrected chi connectivity index (χ2v) is 8.59. The molecule has 1 aromatic carbocycles. The number of fused-ring (bicyclic) bond motifs is 1. The van der Waals surface area contributed by atoms with Gasteiger partial charge < -0.3 is 10.1 Å². The molecule has 1 aliphatic rings. The van der Waals surface area contributed by atoms with Gasteiger partial charge in [0.1, 0.15) is 5.60 Å². The van der Waals surface area contributed by atoms with Crippen molar-refractivity contribution in [2.24, 2.45) is 0 Å². The second-order valence-electron chi connectivity index (χ2n) is 8.21. The maximum absolute atomic E-state index is 11.9. The van der Waals surface area contributed by atoms with Crippen LogP contribution in [0.3, 0.4) is 0 Å². The molecule has 0 bridgehead atoms. The predicted octanol–water partition coefficient (Wildman–Crippen LogP) is 4.69. The Labute approximate surface area is 166 Å². The molecule has 1 fully saturated rings. The molecule has 1 aromatic heterocycles. The number of hydrogen-bond donors (Lipinski definition) is 1. The summed E-state index contributed by atoms with van der Waals surface area (Å²) in [5, 5.41) is 4.83. The highest BCUT2D eigenvalue weighted by atomic mass is 35.5. The molecular formula is C21H28ClN3O2. The van der Waals surface area contributed by atoms with Gasteiger partial charge in [-0.1, -0.05) is 29.8 Å². The largest absolute Gasteiger partial charge is 0.444 e. The molecule has 1 amide bonds. The number of halogens is 1. The van der Waals surface area contributed by atoms with E-state index < -0.39 is 5.60 Å². The summed E-state index contributed by atoms with van der Waals surface area (Å²) in [6.07, 6.45) is 1.45. The Bertz CT molecular complexity index is 824. The molecule has 0 aliphatic carbocycles. The fraction of sp³-hybridized carbons (Fsp3) is 0.524. The third-order valence-electron chi connectivity index (χ3n) is 4.83. The Morgan fingerprint density at radius 1 is 1.30 bits per heavy atom. The van der Waals surface area contributed by atoms with Crippen LogP contribution in [0.4, 0.5) is 4.79 Å². The maximum atomic E-state index is 11.9. The van der Waals surface area contributed by atoms with Gasteiger partial charge in [0, 0.05) is 31.1 Å². The zero-order valence-corrected chi connectivity index (χ0v) is 17.3. The summed E-state index contributed by atoms with van der Waals surface area (Å²) < 4.78 is 5.34. The van der Waals surface area contributed by atoms with Gasteiger partial charge in [-0.25, -0.2) is 9.78 Å². The van der Waals surface area contributed by atoms with Crippen LogP contribution in [0.5, 0.6) is 0 Å². The number of nitrogens with one attached hydrogen (secondary N) is 1. The highest BCUT2D eigenvalue weighted by Crippen LogP contribution is 2.28. The average molecular weight is 390 g/mol. The number of amides is 1. The average Bonchev–Trinajstić information content (AvgIpc) is 2.59. The van der Waals surface area contributed by atoms with E-state index in [0.717, 1.165) is 59.7 Å². The number of alkyl carbamates (subject to hydrolysis) is 1. The highest BCUT2D eigenvalue weighted by molar-refractivity contribution is 6.32. The standard InChI is InChI=1S/C21H28ClN3O2/c1-14-16-7-5-6-8-17(16)24-18(19(14)22)13-25-11-9-15(10-12-25)23-20(26)27-21(2,3)4/h5-8,15H,9-13H2,1-4H3,(H,23,26). The molecule has 0 radical (unpaired) electrons. The number of likely N-dealkylation sites (tertiary alicyclic amines) is 1. The number of para-hydroxylation sites is 1. The summed E-state index contributed by atoms with van der Waals surface area (Å²) in [5.74, 6) is 0. The van der Waals surface area contributed by atoms with Gasteiger partial charge in [0.15, 0.2) is 0 Å². The molecule has 1 N–H and O–H groups in total. The summed E-state index contributed by atoms with van der Waals surface area (Å²) in [5.41, 5.74) is 2.52. The number of piperidine rings is 1. The van der Waals surface area contributed by atoms with Crippen molar-refractivity contribution in [2.45, 2.75) is 58.7 Å². The van der Waals surface area contributed by atoms with Crippen molar-refractivity contribution in [1.29, 1.82) is 0 Å². The summed E-state index contributed by atoms with van der Waals surface area (Å²) in [4.78, 5) is 19.0. The first-order chi connectivity index (χ1) is 12.7. The number of aromatic nitrogens is 1. The number of rotatable bonds is 3. The molecule has 1 saturated heterocycles. The summed E-state index contributed by atoms with van der Waals surface area (Å²) in [7, 11) is 0. The first-order valence-corrected chi connectivity index (χ1v) is 9.86. The zero-order chi connectivity index (χ0) is 19.6. The molecule has 3 rings (SSSR count). The van der Waals surface area contributed by atoms with Gasteiger partial charge in [0.05, 0.1) is 16.2 Å². The van der Waals surface area contributed by atoms with Crippen molar-refractivity contribution < 1.29 is 9.53 Å². The Hall–Kier alpha value is -1.85. The number of nitrogens with zero attached hydrogens (tertiary/aromatic N) is 2. The molecule has 2 heterocycles. The lowest BCUT2D eigenvalue weighted by Gasteiger charge is -2.32. The number of aryl methyl sites for hydroxylation is 1. The van der Waals surface area contributed by atoms with Crippen LogP contribution in [0, 0.1) is 6.92 Å². The first-order valence-electron chi connectivity index (χ1n) is 9.48. The molecule has 0 spiro atoms. The summed E-state index contributed by atoms with van der Waals surface area (Å²) in [6, 6.07) is 8.24. The highest BCUT2D eigenvalue weighted by Gasteiger charge is 2.24. The minimum Gasteiger partial charge on any atom is -0.444 e. The van der Waals surface area contributed by atoms with E-state index in [2.05, 4.69) is 16.3 Å². The molecule has 2 aromatic rings. The lowest BCUT2D eigenvalue weighted by atomic mass is 10.0. The Balaban J connectivity index is 1.59. The van der Waals surface area contributed by atoms with Crippen LogP contribution in [-0.4, -0.2) is 40.7 Å². The van der Waals surface area contributed by atoms with E-state index in [1.807, 2.05) is 45.9 Å². The van der Waals surface area contributed by atoms with Gasteiger partial charge in [0.25, 0.3) is 0 Å². The molecule has 146 valence electrons. The van der Waals surface area contributed by atoms with Gasteiger partial charge in [-0.05, 0) is 52.2 Å². The van der Waals surface area contributed by atoms with Crippen LogP contribution in [0.1, 0.15) is 44.9 Å². The van der Waals surface area contributed by atoms with Gasteiger partial charge >= 0.3 is 6.09 Å². The normalized spacial score (nSPS) is 16.5. The molecule has 6 heteroatoms. The molecule has 5 nitrogen and oxygen atoms in total. The molecule has 1 aliphatic heterocycles. The van der Waals surface area contributed by atoms with Crippen LogP contribution >= 0.6 is 11.6 Å². The lowest BCUT2D eigenvalue weighted by Crippen LogP contribution is -2.45. The minimum absolute atomic E-state index is 0.151. The van der Waals surface area contributed by atoms with Crippen molar-refractivity contribution in [1.82, 2.24) is 15.2 Å². The summed E-state index contributed by atoms with van der Waals surface area (Å²) in [6.45, 7) is 10.2. The lowest BCUT2D eigenvalue weighted by molar-refractivity contribution is 0.0477. The van der Waals surface area contributed by atoms with Crippen LogP contribution in [0.2, 0.25) is 5.02 Å². The third-order valence-corrected chi connectivity index (χ3v) is 5.33. The molecule has 0 unspecified atom stereocenters. The van der Waals surface area contributed by atoms with E-state index in [9.17, 15) is 4.79 Å². The number of benzene rings is 1. The molecule has 0 saturated carbocycles. The van der Waals surface area contributed by atoms with Crippen molar-refractivity contribution in [3.8, 4) is 0 Å². The van der Waals surface area contributed by atoms with Gasteiger partial charge in [-0.15, -0.1) is 0 Å². The van der Waals surface area contributed by atoms with Crippen LogP contribution in [0.15, 0.2) is 24.3 Å². The van der Waals surface area contributed by atoms with E-state index in [0.29, 0.717) is 0 Å². The number of ether oxygens (including phenoxy) is 1. The smallest absolute Gasteiger partial charge is 0.407 e. The minimum atomic E-state index is -0.471. The summed E-state index contributed by atoms with van der Waals surface area (Å²) >= 11 is 6.59. The van der Waals surface area contributed by atoms with Crippen molar-refractivity contribution >= 4 is 28.6 Å². The van der Waals surface area contributed by atoms with Gasteiger partial charge in [-0.2, -0.15) is 0 Å². The Morgan fingerprint density at radius 2 is 1.96 bits per heavy atom. The zero-order valence-electron chi connectivity index (χ0n) is 16.5. The van der Waals surface area contributed by atoms with E-state index in [1.165, 1.54) is 0 Å². The van der Waals surface area contributed by atoms with Crippen LogP contribution < -0.4 is 5.32 Å². The van der Waals surface area contributed by atoms with Gasteiger partial charge in [-0.3, -0.25) is 4.90 Å². The second kappa shape index (κ2) is 8.03. The van der Waals surface area contributed by atoms with Crippen molar-refractivity contribution in [2.75, 3.05) is 13.1 Å². The quantitative estimate of drug-likeness (QED) is 0.827. The number of pyridine rings is 1. The van der Waals surface area contributed by atoms with Crippen molar-refractivity contribution in [3.63, 3.8) is 0 Å². The molecular weight excluding hydrogens is 362 g/mol. The Morgan fingerprint density at radius 3 is 2.63 bits per heavy atom. The van der Waals surface area contributed by atoms with Crippen molar-refractivity contribution in [3.05, 3.63) is 40.5 Å². The number of carbonyl (C=O) groups excluding carboxylic acids is 1. The van der Waals surface area contributed by atoms with Gasteiger partial charge in [0.2, 0.25) is 0 Å². The fourth-order valence-electron chi connectivity index (χ4n) is 3.44. The SMILES string of the molecule is Cc1c(Cl)c(CN2CCC(NC(=O)OC(C)(C)C)CC2)nc2ccccc12. The van der Waals surface area contributed by atoms with E-state index in [-0.39, 0.29) is 12.1 Å².